The predicted molar refractivity (Wildman–Crippen MR) is 83.5 cm³/mol. The molecule has 0 aliphatic heterocycles. The summed E-state index contributed by atoms with van der Waals surface area (Å²) in [5.74, 6) is -0.669. The van der Waals surface area contributed by atoms with E-state index in [4.69, 9.17) is 21.4 Å². The van der Waals surface area contributed by atoms with Gasteiger partial charge in [-0.05, 0) is 41.1 Å². The molecule has 0 aliphatic carbocycles. The lowest BCUT2D eigenvalue weighted by molar-refractivity contribution is -0.142. The van der Waals surface area contributed by atoms with Crippen molar-refractivity contribution in [1.29, 1.82) is 0 Å². The second-order valence-electron chi connectivity index (χ2n) is 4.86. The lowest BCUT2D eigenvalue weighted by Gasteiger charge is -2.12. The number of carbonyl (C=O) groups is 2. The number of carbonyl (C=O) groups excluding carboxylic acids is 1. The maximum Gasteiger partial charge on any atom is 0.326 e. The second-order valence-corrected chi connectivity index (χ2v) is 5.30. The summed E-state index contributed by atoms with van der Waals surface area (Å²) in [5, 5.41) is 22.9. The molecule has 1 atom stereocenters. The van der Waals surface area contributed by atoms with Gasteiger partial charge < -0.3 is 15.2 Å². The highest BCUT2D eigenvalue weighted by molar-refractivity contribution is 6.30. The van der Waals surface area contributed by atoms with Crippen LogP contribution in [0.4, 0.5) is 0 Å². The molecule has 24 heavy (non-hydrogen) atoms. The lowest BCUT2D eigenvalue weighted by atomic mass is 10.2. The van der Waals surface area contributed by atoms with Crippen LogP contribution in [0.25, 0.3) is 0 Å². The summed E-state index contributed by atoms with van der Waals surface area (Å²) in [7, 11) is 0. The van der Waals surface area contributed by atoms with Crippen molar-refractivity contribution in [2.75, 3.05) is 0 Å². The average Bonchev–Trinajstić information content (AvgIpc) is 2.98. The molecule has 0 aliphatic rings. The van der Waals surface area contributed by atoms with Gasteiger partial charge in [-0.2, -0.15) is 0 Å². The van der Waals surface area contributed by atoms with Crippen molar-refractivity contribution in [2.24, 2.45) is 0 Å². The van der Waals surface area contributed by atoms with E-state index in [9.17, 15) is 9.59 Å². The molecule has 1 unspecified atom stereocenters. The first-order valence-electron chi connectivity index (χ1n) is 7.15. The zero-order valence-electron chi connectivity index (χ0n) is 12.8. The molecule has 2 aromatic rings. The second kappa shape index (κ2) is 8.25. The van der Waals surface area contributed by atoms with Crippen LogP contribution in [-0.4, -0.2) is 43.2 Å². The summed E-state index contributed by atoms with van der Waals surface area (Å²) >= 11 is 5.79. The van der Waals surface area contributed by atoms with Crippen LogP contribution in [0, 0.1) is 0 Å². The molecule has 1 aromatic heterocycles. The van der Waals surface area contributed by atoms with Crippen molar-refractivity contribution in [3.05, 3.63) is 35.1 Å². The van der Waals surface area contributed by atoms with Gasteiger partial charge in [0.05, 0.1) is 0 Å². The lowest BCUT2D eigenvalue weighted by Crippen LogP contribution is -2.42. The molecule has 0 saturated heterocycles. The van der Waals surface area contributed by atoms with E-state index in [0.29, 0.717) is 16.6 Å². The number of tetrazole rings is 1. The van der Waals surface area contributed by atoms with E-state index in [1.165, 1.54) is 4.68 Å². The molecule has 1 aromatic carbocycles. The zero-order valence-corrected chi connectivity index (χ0v) is 13.6. The number of carboxylic acid groups (broad SMARTS) is 1. The summed E-state index contributed by atoms with van der Waals surface area (Å²) in [6, 6.07) is 5.82. The largest absolute Gasteiger partial charge is 0.486 e. The number of nitrogens with zero attached hydrogens (tertiary/aromatic N) is 4. The van der Waals surface area contributed by atoms with E-state index < -0.39 is 17.9 Å². The van der Waals surface area contributed by atoms with Gasteiger partial charge in [0, 0.05) is 5.02 Å². The smallest absolute Gasteiger partial charge is 0.326 e. The number of aromatic nitrogens is 4. The van der Waals surface area contributed by atoms with Gasteiger partial charge in [0.15, 0.2) is 5.82 Å². The number of ether oxygens (including phenoxy) is 1. The molecular formula is C14H16ClN5O4. The molecular weight excluding hydrogens is 338 g/mol. The Labute approximate surface area is 142 Å². The summed E-state index contributed by atoms with van der Waals surface area (Å²) in [6.07, 6.45) is 0.281. The van der Waals surface area contributed by atoms with E-state index in [1.54, 1.807) is 31.2 Å². The molecule has 0 spiro atoms. The third kappa shape index (κ3) is 4.92. The van der Waals surface area contributed by atoms with Crippen LogP contribution in [-0.2, 0) is 22.7 Å². The van der Waals surface area contributed by atoms with Gasteiger partial charge in [-0.3, -0.25) is 4.79 Å². The zero-order chi connectivity index (χ0) is 17.5. The van der Waals surface area contributed by atoms with E-state index >= 15 is 0 Å². The quantitative estimate of drug-likeness (QED) is 0.723. The maximum absolute atomic E-state index is 11.9. The van der Waals surface area contributed by atoms with Gasteiger partial charge in [0.2, 0.25) is 5.91 Å². The van der Waals surface area contributed by atoms with Crippen LogP contribution in [0.2, 0.25) is 5.02 Å². The molecule has 2 rings (SSSR count). The van der Waals surface area contributed by atoms with E-state index in [2.05, 4.69) is 20.8 Å². The van der Waals surface area contributed by atoms with E-state index in [-0.39, 0.29) is 19.6 Å². The fraction of sp³-hybridized carbons (Fsp3) is 0.357. The molecule has 10 heteroatoms. The minimum absolute atomic E-state index is 0.0536. The van der Waals surface area contributed by atoms with E-state index in [1.807, 2.05) is 0 Å². The Hall–Kier alpha value is -2.68. The van der Waals surface area contributed by atoms with Crippen LogP contribution < -0.4 is 10.1 Å². The molecule has 0 saturated carbocycles. The Balaban J connectivity index is 1.93. The highest BCUT2D eigenvalue weighted by atomic mass is 35.5. The van der Waals surface area contributed by atoms with Crippen LogP contribution in [0.1, 0.15) is 19.2 Å². The first kappa shape index (κ1) is 17.7. The van der Waals surface area contributed by atoms with Crippen LogP contribution in [0.5, 0.6) is 5.75 Å². The molecule has 0 radical (unpaired) electrons. The molecule has 1 amide bonds. The Kier molecular flexibility index (Phi) is 6.07. The van der Waals surface area contributed by atoms with Crippen LogP contribution >= 0.6 is 11.6 Å². The Morgan fingerprint density at radius 3 is 2.71 bits per heavy atom. The number of amides is 1. The normalized spacial score (nSPS) is 11.8. The number of rotatable bonds is 8. The first-order chi connectivity index (χ1) is 11.5. The van der Waals surface area contributed by atoms with Crippen LogP contribution in [0.15, 0.2) is 24.3 Å². The molecule has 9 nitrogen and oxygen atoms in total. The Bertz CT molecular complexity index is 703. The number of benzene rings is 1. The first-order valence-corrected chi connectivity index (χ1v) is 7.53. The maximum atomic E-state index is 11.9. The summed E-state index contributed by atoms with van der Waals surface area (Å²) in [5.41, 5.74) is 0. The minimum Gasteiger partial charge on any atom is -0.486 e. The minimum atomic E-state index is -1.09. The molecule has 0 bridgehead atoms. The fourth-order valence-corrected chi connectivity index (χ4v) is 1.97. The number of hydrogen-bond donors (Lipinski definition) is 2. The van der Waals surface area contributed by atoms with Crippen molar-refractivity contribution in [1.82, 2.24) is 25.5 Å². The van der Waals surface area contributed by atoms with Gasteiger partial charge in [-0.25, -0.2) is 9.48 Å². The van der Waals surface area contributed by atoms with Gasteiger partial charge in [0.1, 0.15) is 24.9 Å². The van der Waals surface area contributed by atoms with Gasteiger partial charge in [-0.15, -0.1) is 5.10 Å². The molecule has 2 N–H and O–H groups in total. The third-order valence-electron chi connectivity index (χ3n) is 3.12. The number of aliphatic carboxylic acids is 1. The predicted octanol–water partition coefficient (Wildman–Crippen LogP) is 0.885. The monoisotopic (exact) mass is 353 g/mol. The van der Waals surface area contributed by atoms with Crippen LogP contribution in [0.3, 0.4) is 0 Å². The molecule has 128 valence electrons. The summed E-state index contributed by atoms with van der Waals surface area (Å²) in [4.78, 5) is 22.8. The van der Waals surface area contributed by atoms with Gasteiger partial charge in [0.25, 0.3) is 0 Å². The SMILES string of the molecule is CCC(NC(=O)Cn1nnnc1COc1ccc(Cl)cc1)C(=O)O. The molecule has 1 heterocycles. The summed E-state index contributed by atoms with van der Waals surface area (Å²) in [6.45, 7) is 1.52. The van der Waals surface area contributed by atoms with Crippen molar-refractivity contribution in [3.63, 3.8) is 0 Å². The van der Waals surface area contributed by atoms with E-state index in [0.717, 1.165) is 0 Å². The highest BCUT2D eigenvalue weighted by Crippen LogP contribution is 2.16. The fourth-order valence-electron chi connectivity index (χ4n) is 1.84. The Morgan fingerprint density at radius 2 is 2.08 bits per heavy atom. The number of hydrogen-bond acceptors (Lipinski definition) is 6. The topological polar surface area (TPSA) is 119 Å². The Morgan fingerprint density at radius 1 is 1.38 bits per heavy atom. The average molecular weight is 354 g/mol. The van der Waals surface area contributed by atoms with Crippen molar-refractivity contribution in [3.8, 4) is 5.75 Å². The van der Waals surface area contributed by atoms with Gasteiger partial charge in [-0.1, -0.05) is 18.5 Å². The number of halogens is 1. The number of nitrogens with one attached hydrogen (secondary N) is 1. The standard InChI is InChI=1S/C14H16ClN5O4/c1-2-11(14(22)23)16-13(21)7-20-12(17-18-19-20)8-24-10-5-3-9(15)4-6-10/h3-6,11H,2,7-8H2,1H3,(H,16,21)(H,22,23). The number of carboxylic acids is 1. The van der Waals surface area contributed by atoms with Crippen molar-refractivity contribution in [2.45, 2.75) is 32.5 Å². The van der Waals surface area contributed by atoms with Crippen molar-refractivity contribution >= 4 is 23.5 Å². The molecule has 0 fully saturated rings. The summed E-state index contributed by atoms with van der Waals surface area (Å²) < 4.78 is 6.77. The highest BCUT2D eigenvalue weighted by Gasteiger charge is 2.19. The van der Waals surface area contributed by atoms with Gasteiger partial charge >= 0.3 is 5.97 Å². The van der Waals surface area contributed by atoms with Crippen molar-refractivity contribution < 1.29 is 19.4 Å². The third-order valence-corrected chi connectivity index (χ3v) is 3.37.